The van der Waals surface area contributed by atoms with E-state index >= 15 is 0 Å². The Morgan fingerprint density at radius 1 is 1.33 bits per heavy atom. The monoisotopic (exact) mass is 243 g/mol. The summed E-state index contributed by atoms with van der Waals surface area (Å²) in [6, 6.07) is 1.85. The van der Waals surface area contributed by atoms with Gasteiger partial charge in [0.2, 0.25) is 0 Å². The minimum Gasteiger partial charge on any atom is -0.216 e. The van der Waals surface area contributed by atoms with Crippen LogP contribution in [0.15, 0.2) is 6.07 Å². The molecule has 0 aromatic carbocycles. The van der Waals surface area contributed by atoms with Crippen molar-refractivity contribution < 1.29 is 0 Å². The molecule has 0 aliphatic carbocycles. The van der Waals surface area contributed by atoms with E-state index in [0.717, 1.165) is 11.3 Å². The van der Waals surface area contributed by atoms with Crippen molar-refractivity contribution in [2.45, 2.75) is 26.7 Å². The zero-order valence-electron chi connectivity index (χ0n) is 8.75. The summed E-state index contributed by atoms with van der Waals surface area (Å²) in [5.74, 6) is 0.228. The van der Waals surface area contributed by atoms with Gasteiger partial charge in [0.15, 0.2) is 5.65 Å². The lowest BCUT2D eigenvalue weighted by Gasteiger charge is -2.10. The molecule has 5 heteroatoms. The molecule has 2 rings (SSSR count). The molecule has 0 unspecified atom stereocenters. The second kappa shape index (κ2) is 3.65. The second-order valence-corrected chi connectivity index (χ2v) is 4.53. The molecule has 0 radical (unpaired) electrons. The van der Waals surface area contributed by atoms with E-state index in [0.29, 0.717) is 16.0 Å². The molecule has 0 saturated carbocycles. The van der Waals surface area contributed by atoms with Crippen LogP contribution in [-0.4, -0.2) is 14.6 Å². The first-order valence-electron chi connectivity index (χ1n) is 4.72. The maximum atomic E-state index is 6.23. The summed E-state index contributed by atoms with van der Waals surface area (Å²) < 4.78 is 1.62. The lowest BCUT2D eigenvalue weighted by molar-refractivity contribution is 0.818. The fourth-order valence-electron chi connectivity index (χ4n) is 1.55. The summed E-state index contributed by atoms with van der Waals surface area (Å²) in [6.07, 6.45) is 0. The number of hydrogen-bond donors (Lipinski definition) is 0. The first-order valence-corrected chi connectivity index (χ1v) is 5.47. The van der Waals surface area contributed by atoms with E-state index < -0.39 is 0 Å². The Morgan fingerprint density at radius 3 is 2.60 bits per heavy atom. The molecule has 0 aliphatic rings. The van der Waals surface area contributed by atoms with E-state index in [4.69, 9.17) is 23.2 Å². The highest BCUT2D eigenvalue weighted by atomic mass is 35.5. The predicted molar refractivity (Wildman–Crippen MR) is 61.8 cm³/mol. The van der Waals surface area contributed by atoms with Gasteiger partial charge in [-0.2, -0.15) is 5.10 Å². The maximum absolute atomic E-state index is 6.23. The lowest BCUT2D eigenvalue weighted by atomic mass is 10.1. The van der Waals surface area contributed by atoms with Crippen molar-refractivity contribution in [1.29, 1.82) is 0 Å². The number of hydrogen-bond acceptors (Lipinski definition) is 2. The number of nitrogens with zero attached hydrogens (tertiary/aromatic N) is 3. The van der Waals surface area contributed by atoms with Gasteiger partial charge >= 0.3 is 0 Å². The number of halogens is 2. The predicted octanol–water partition coefficient (Wildman–Crippen LogP) is 3.47. The summed E-state index contributed by atoms with van der Waals surface area (Å²) in [5.41, 5.74) is 2.40. The van der Waals surface area contributed by atoms with Gasteiger partial charge in [0.1, 0.15) is 10.3 Å². The van der Waals surface area contributed by atoms with Crippen molar-refractivity contribution in [3.63, 3.8) is 0 Å². The van der Waals surface area contributed by atoms with Crippen molar-refractivity contribution in [3.8, 4) is 0 Å². The van der Waals surface area contributed by atoms with Crippen LogP contribution in [0.3, 0.4) is 0 Å². The van der Waals surface area contributed by atoms with Crippen LogP contribution in [0, 0.1) is 6.92 Å². The van der Waals surface area contributed by atoms with Gasteiger partial charge in [-0.15, -0.1) is 0 Å². The first-order chi connectivity index (χ1) is 7.00. The standard InChI is InChI=1S/C10H11Cl2N3/c1-5(2)8-9(11)13-7-4-6(3)14-15(7)10(8)12/h4-5H,1-3H3. The largest absolute Gasteiger partial charge is 0.216 e. The molecule has 0 amide bonds. The van der Waals surface area contributed by atoms with Gasteiger partial charge in [0.05, 0.1) is 5.69 Å². The fourth-order valence-corrected chi connectivity index (χ4v) is 2.42. The van der Waals surface area contributed by atoms with Crippen LogP contribution in [0.1, 0.15) is 31.0 Å². The lowest BCUT2D eigenvalue weighted by Crippen LogP contribution is -2.01. The van der Waals surface area contributed by atoms with E-state index in [2.05, 4.69) is 10.1 Å². The molecule has 0 fully saturated rings. The highest BCUT2D eigenvalue weighted by molar-refractivity contribution is 6.35. The molecule has 0 N–H and O–H groups in total. The smallest absolute Gasteiger partial charge is 0.158 e. The Bertz CT molecular complexity index is 517. The van der Waals surface area contributed by atoms with Crippen molar-refractivity contribution in [2.75, 3.05) is 0 Å². The SMILES string of the molecule is Cc1cc2nc(Cl)c(C(C)C)c(Cl)n2n1. The molecule has 0 spiro atoms. The van der Waals surface area contributed by atoms with Gasteiger partial charge in [0.25, 0.3) is 0 Å². The van der Waals surface area contributed by atoms with Crippen molar-refractivity contribution in [1.82, 2.24) is 14.6 Å². The van der Waals surface area contributed by atoms with Crippen LogP contribution in [0.25, 0.3) is 5.65 Å². The molecule has 2 heterocycles. The van der Waals surface area contributed by atoms with Gasteiger partial charge in [-0.3, -0.25) is 0 Å². The Morgan fingerprint density at radius 2 is 2.00 bits per heavy atom. The fraction of sp³-hybridized carbons (Fsp3) is 0.400. The Labute approximate surface area is 98.0 Å². The van der Waals surface area contributed by atoms with Crippen LogP contribution in [0.5, 0.6) is 0 Å². The van der Waals surface area contributed by atoms with Crippen LogP contribution in [0.4, 0.5) is 0 Å². The third kappa shape index (κ3) is 1.70. The second-order valence-electron chi connectivity index (χ2n) is 3.82. The summed E-state index contributed by atoms with van der Waals surface area (Å²) in [6.45, 7) is 5.95. The highest BCUT2D eigenvalue weighted by Crippen LogP contribution is 2.30. The van der Waals surface area contributed by atoms with E-state index in [9.17, 15) is 0 Å². The zero-order valence-corrected chi connectivity index (χ0v) is 10.3. The normalized spacial score (nSPS) is 11.6. The molecule has 0 aliphatic heterocycles. The van der Waals surface area contributed by atoms with Gasteiger partial charge in [-0.25, -0.2) is 9.50 Å². The number of fused-ring (bicyclic) bond motifs is 1. The summed E-state index contributed by atoms with van der Waals surface area (Å²) in [7, 11) is 0. The highest BCUT2D eigenvalue weighted by Gasteiger charge is 2.16. The van der Waals surface area contributed by atoms with Crippen molar-refractivity contribution in [2.24, 2.45) is 0 Å². The molecular weight excluding hydrogens is 233 g/mol. The third-order valence-electron chi connectivity index (χ3n) is 2.23. The van der Waals surface area contributed by atoms with Gasteiger partial charge in [-0.05, 0) is 12.8 Å². The van der Waals surface area contributed by atoms with Gasteiger partial charge in [-0.1, -0.05) is 37.0 Å². The molecule has 0 saturated heterocycles. The molecule has 2 aromatic heterocycles. The van der Waals surface area contributed by atoms with Gasteiger partial charge < -0.3 is 0 Å². The van der Waals surface area contributed by atoms with Crippen molar-refractivity contribution in [3.05, 3.63) is 27.6 Å². The molecule has 15 heavy (non-hydrogen) atoms. The Balaban J connectivity index is 2.83. The number of aryl methyl sites for hydroxylation is 1. The van der Waals surface area contributed by atoms with E-state index in [1.807, 2.05) is 26.8 Å². The topological polar surface area (TPSA) is 30.2 Å². The third-order valence-corrected chi connectivity index (χ3v) is 2.89. The molecular formula is C10H11Cl2N3. The Kier molecular flexibility index (Phi) is 2.61. The van der Waals surface area contributed by atoms with Crippen LogP contribution in [-0.2, 0) is 0 Å². The molecule has 3 nitrogen and oxygen atoms in total. The van der Waals surface area contributed by atoms with E-state index in [-0.39, 0.29) is 5.92 Å². The number of aromatic nitrogens is 3. The average molecular weight is 244 g/mol. The molecule has 0 bridgehead atoms. The first kappa shape index (κ1) is 10.7. The summed E-state index contributed by atoms with van der Waals surface area (Å²) in [4.78, 5) is 4.26. The summed E-state index contributed by atoms with van der Waals surface area (Å²) in [5, 5.41) is 5.27. The van der Waals surface area contributed by atoms with Crippen LogP contribution >= 0.6 is 23.2 Å². The van der Waals surface area contributed by atoms with E-state index in [1.54, 1.807) is 4.52 Å². The van der Waals surface area contributed by atoms with Gasteiger partial charge in [0, 0.05) is 11.6 Å². The summed E-state index contributed by atoms with van der Waals surface area (Å²) >= 11 is 12.3. The minimum absolute atomic E-state index is 0.228. The van der Waals surface area contributed by atoms with Crippen LogP contribution < -0.4 is 0 Å². The van der Waals surface area contributed by atoms with Crippen LogP contribution in [0.2, 0.25) is 10.3 Å². The quantitative estimate of drug-likeness (QED) is 0.719. The molecule has 80 valence electrons. The number of rotatable bonds is 1. The minimum atomic E-state index is 0.228. The zero-order chi connectivity index (χ0) is 11.2. The maximum Gasteiger partial charge on any atom is 0.158 e. The Hall–Kier alpha value is -0.800. The van der Waals surface area contributed by atoms with Crippen molar-refractivity contribution >= 4 is 28.8 Å². The average Bonchev–Trinajstić information content (AvgIpc) is 2.45. The molecule has 0 atom stereocenters. The van der Waals surface area contributed by atoms with E-state index in [1.165, 1.54) is 0 Å². The molecule has 2 aromatic rings.